The average molecular weight is 297 g/mol. The van der Waals surface area contributed by atoms with E-state index in [1.807, 2.05) is 30.3 Å². The van der Waals surface area contributed by atoms with E-state index in [1.165, 1.54) is 12.1 Å². The fourth-order valence-corrected chi connectivity index (χ4v) is 2.60. The van der Waals surface area contributed by atoms with Crippen molar-refractivity contribution in [3.05, 3.63) is 59.2 Å². The van der Waals surface area contributed by atoms with Crippen molar-refractivity contribution in [2.45, 2.75) is 13.5 Å². The number of carbonyl (C=O) groups is 2. The number of ether oxygens (including phenoxy) is 1. The standard InChI is InChI=1S/C17H15NO4/c1-2-22-15-9-13-11(8-14(15)17(20)21)10-18(16(13)19)12-6-4-3-5-7-12/h3-9H,2,10H2,1H3,(H,20,21). The van der Waals surface area contributed by atoms with Gasteiger partial charge in [-0.2, -0.15) is 0 Å². The van der Waals surface area contributed by atoms with Gasteiger partial charge in [0.25, 0.3) is 5.91 Å². The molecular weight excluding hydrogens is 282 g/mol. The molecule has 1 aliphatic heterocycles. The zero-order valence-corrected chi connectivity index (χ0v) is 12.1. The van der Waals surface area contributed by atoms with E-state index in [0.29, 0.717) is 24.3 Å². The molecule has 22 heavy (non-hydrogen) atoms. The van der Waals surface area contributed by atoms with Crippen LogP contribution in [0, 0.1) is 0 Å². The summed E-state index contributed by atoms with van der Waals surface area (Å²) in [6.07, 6.45) is 0. The lowest BCUT2D eigenvalue weighted by Gasteiger charge is -2.15. The number of carboxylic acid groups (broad SMARTS) is 1. The van der Waals surface area contributed by atoms with E-state index in [9.17, 15) is 14.7 Å². The van der Waals surface area contributed by atoms with Crippen molar-refractivity contribution >= 4 is 17.6 Å². The van der Waals surface area contributed by atoms with Gasteiger partial charge >= 0.3 is 5.97 Å². The number of nitrogens with zero attached hydrogens (tertiary/aromatic N) is 1. The summed E-state index contributed by atoms with van der Waals surface area (Å²) in [6.45, 7) is 2.48. The smallest absolute Gasteiger partial charge is 0.339 e. The maximum absolute atomic E-state index is 12.6. The third kappa shape index (κ3) is 2.30. The third-order valence-electron chi connectivity index (χ3n) is 3.61. The molecule has 5 heteroatoms. The predicted octanol–water partition coefficient (Wildman–Crippen LogP) is 2.94. The molecule has 0 atom stereocenters. The Kier molecular flexibility index (Phi) is 3.55. The van der Waals surface area contributed by atoms with Crippen molar-refractivity contribution in [2.75, 3.05) is 11.5 Å². The molecule has 1 amide bonds. The second-order valence-electron chi connectivity index (χ2n) is 4.97. The highest BCUT2D eigenvalue weighted by Gasteiger charge is 2.31. The Bertz CT molecular complexity index is 740. The minimum absolute atomic E-state index is 0.0864. The van der Waals surface area contributed by atoms with Gasteiger partial charge in [0.15, 0.2) is 0 Å². The monoisotopic (exact) mass is 297 g/mol. The number of rotatable bonds is 4. The third-order valence-corrected chi connectivity index (χ3v) is 3.61. The zero-order valence-electron chi connectivity index (χ0n) is 12.1. The molecule has 2 aromatic carbocycles. The van der Waals surface area contributed by atoms with Gasteiger partial charge in [0.05, 0.1) is 13.2 Å². The van der Waals surface area contributed by atoms with Crippen LogP contribution >= 0.6 is 0 Å². The minimum atomic E-state index is -1.06. The number of anilines is 1. The van der Waals surface area contributed by atoms with Gasteiger partial charge in [0.1, 0.15) is 11.3 Å². The number of aromatic carboxylic acids is 1. The Hall–Kier alpha value is -2.82. The number of benzene rings is 2. The van der Waals surface area contributed by atoms with Gasteiger partial charge in [-0.1, -0.05) is 18.2 Å². The number of amides is 1. The van der Waals surface area contributed by atoms with Crippen LogP contribution in [0.2, 0.25) is 0 Å². The van der Waals surface area contributed by atoms with Crippen molar-refractivity contribution in [1.82, 2.24) is 0 Å². The van der Waals surface area contributed by atoms with Crippen molar-refractivity contribution in [2.24, 2.45) is 0 Å². The van der Waals surface area contributed by atoms with E-state index in [-0.39, 0.29) is 17.2 Å². The molecule has 0 bridgehead atoms. The first-order valence-corrected chi connectivity index (χ1v) is 7.01. The van der Waals surface area contributed by atoms with E-state index in [4.69, 9.17) is 4.74 Å². The van der Waals surface area contributed by atoms with Crippen LogP contribution in [0.5, 0.6) is 5.75 Å². The number of para-hydroxylation sites is 1. The fourth-order valence-electron chi connectivity index (χ4n) is 2.60. The summed E-state index contributed by atoms with van der Waals surface area (Å²) in [5.74, 6) is -0.965. The van der Waals surface area contributed by atoms with Crippen molar-refractivity contribution in [3.8, 4) is 5.75 Å². The van der Waals surface area contributed by atoms with Crippen LogP contribution in [0.4, 0.5) is 5.69 Å². The molecule has 0 fully saturated rings. The van der Waals surface area contributed by atoms with E-state index < -0.39 is 5.97 Å². The van der Waals surface area contributed by atoms with E-state index in [1.54, 1.807) is 11.8 Å². The normalized spacial score (nSPS) is 13.1. The lowest BCUT2D eigenvalue weighted by molar-refractivity contribution is 0.0692. The number of carbonyl (C=O) groups excluding carboxylic acids is 1. The molecular formula is C17H15NO4. The first-order valence-electron chi connectivity index (χ1n) is 7.01. The molecule has 0 aromatic heterocycles. The van der Waals surface area contributed by atoms with Crippen LogP contribution in [0.3, 0.4) is 0 Å². The largest absolute Gasteiger partial charge is 0.493 e. The number of carboxylic acids is 1. The second-order valence-corrected chi connectivity index (χ2v) is 4.97. The molecule has 5 nitrogen and oxygen atoms in total. The van der Waals surface area contributed by atoms with Gasteiger partial charge in [-0.3, -0.25) is 4.79 Å². The maximum atomic E-state index is 12.6. The van der Waals surface area contributed by atoms with Gasteiger partial charge in [-0.05, 0) is 36.8 Å². The van der Waals surface area contributed by atoms with Crippen LogP contribution in [-0.4, -0.2) is 23.6 Å². The summed E-state index contributed by atoms with van der Waals surface area (Å²) >= 11 is 0. The number of hydrogen-bond donors (Lipinski definition) is 1. The summed E-state index contributed by atoms with van der Waals surface area (Å²) in [7, 11) is 0. The first-order chi connectivity index (χ1) is 10.6. The van der Waals surface area contributed by atoms with Crippen LogP contribution in [-0.2, 0) is 6.54 Å². The number of hydrogen-bond acceptors (Lipinski definition) is 3. The molecule has 0 spiro atoms. The Morgan fingerprint density at radius 1 is 1.27 bits per heavy atom. The van der Waals surface area contributed by atoms with Crippen molar-refractivity contribution in [1.29, 1.82) is 0 Å². The Balaban J connectivity index is 2.04. The van der Waals surface area contributed by atoms with Crippen LogP contribution in [0.25, 0.3) is 0 Å². The molecule has 1 N–H and O–H groups in total. The molecule has 0 saturated carbocycles. The molecule has 0 aliphatic carbocycles. The molecule has 1 aliphatic rings. The molecule has 112 valence electrons. The average Bonchev–Trinajstić information content (AvgIpc) is 2.84. The fraction of sp³-hybridized carbons (Fsp3) is 0.176. The molecule has 1 heterocycles. The zero-order chi connectivity index (χ0) is 15.7. The second kappa shape index (κ2) is 5.52. The quantitative estimate of drug-likeness (QED) is 0.942. The highest BCUT2D eigenvalue weighted by atomic mass is 16.5. The summed E-state index contributed by atoms with van der Waals surface area (Å²) in [6, 6.07) is 12.4. The topological polar surface area (TPSA) is 66.8 Å². The summed E-state index contributed by atoms with van der Waals surface area (Å²) in [5.41, 5.74) is 2.08. The van der Waals surface area contributed by atoms with Gasteiger partial charge in [0, 0.05) is 11.3 Å². The number of fused-ring (bicyclic) bond motifs is 1. The lowest BCUT2D eigenvalue weighted by atomic mass is 10.0. The molecule has 2 aromatic rings. The Morgan fingerprint density at radius 3 is 2.64 bits per heavy atom. The minimum Gasteiger partial charge on any atom is -0.493 e. The van der Waals surface area contributed by atoms with Crippen LogP contribution in [0.15, 0.2) is 42.5 Å². The van der Waals surface area contributed by atoms with Gasteiger partial charge in [-0.15, -0.1) is 0 Å². The molecule has 3 rings (SSSR count). The van der Waals surface area contributed by atoms with Gasteiger partial charge in [0.2, 0.25) is 0 Å². The van der Waals surface area contributed by atoms with Crippen LogP contribution < -0.4 is 9.64 Å². The molecule has 0 saturated heterocycles. The van der Waals surface area contributed by atoms with E-state index in [2.05, 4.69) is 0 Å². The summed E-state index contributed by atoms with van der Waals surface area (Å²) < 4.78 is 5.36. The van der Waals surface area contributed by atoms with Crippen molar-refractivity contribution in [3.63, 3.8) is 0 Å². The summed E-state index contributed by atoms with van der Waals surface area (Å²) in [4.78, 5) is 25.5. The first kappa shape index (κ1) is 14.1. The Morgan fingerprint density at radius 2 is 2.00 bits per heavy atom. The van der Waals surface area contributed by atoms with Crippen LogP contribution in [0.1, 0.15) is 33.2 Å². The SMILES string of the molecule is CCOc1cc2c(cc1C(=O)O)CN(c1ccccc1)C2=O. The van der Waals surface area contributed by atoms with Gasteiger partial charge < -0.3 is 14.7 Å². The Labute approximate surface area is 127 Å². The molecule has 0 unspecified atom stereocenters. The van der Waals surface area contributed by atoms with Gasteiger partial charge in [-0.25, -0.2) is 4.79 Å². The highest BCUT2D eigenvalue weighted by Crippen LogP contribution is 2.33. The van der Waals surface area contributed by atoms with Crippen molar-refractivity contribution < 1.29 is 19.4 Å². The van der Waals surface area contributed by atoms with E-state index >= 15 is 0 Å². The van der Waals surface area contributed by atoms with E-state index in [0.717, 1.165) is 5.69 Å². The highest BCUT2D eigenvalue weighted by molar-refractivity contribution is 6.11. The predicted molar refractivity (Wildman–Crippen MR) is 81.5 cm³/mol. The summed E-state index contributed by atoms with van der Waals surface area (Å²) in [5, 5.41) is 9.29. The maximum Gasteiger partial charge on any atom is 0.339 e. The lowest BCUT2D eigenvalue weighted by Crippen LogP contribution is -2.22. The molecule has 0 radical (unpaired) electrons.